The van der Waals surface area contributed by atoms with Crippen molar-refractivity contribution in [2.45, 2.75) is 6.92 Å². The second kappa shape index (κ2) is 3.98. The van der Waals surface area contributed by atoms with Gasteiger partial charge in [0.15, 0.2) is 11.5 Å². The Kier molecular flexibility index (Phi) is 2.23. The number of aryl methyl sites for hydroxylation is 1. The molecular weight excluding hydrogens is 273 g/mol. The van der Waals surface area contributed by atoms with Gasteiger partial charge in [0.25, 0.3) is 0 Å². The fourth-order valence-corrected chi connectivity index (χ4v) is 2.49. The van der Waals surface area contributed by atoms with Gasteiger partial charge in [0.2, 0.25) is 5.95 Å². The third-order valence-electron chi connectivity index (χ3n) is 3.34. The molecule has 2 N–H and O–H groups in total. The van der Waals surface area contributed by atoms with Crippen LogP contribution in [0.25, 0.3) is 22.3 Å². The first-order chi connectivity index (χ1) is 10.1. The molecule has 7 nitrogen and oxygen atoms in total. The Bertz CT molecular complexity index is 985. The van der Waals surface area contributed by atoms with Crippen molar-refractivity contribution in [3.05, 3.63) is 42.4 Å². The van der Waals surface area contributed by atoms with Gasteiger partial charge in [-0.1, -0.05) is 0 Å². The SMILES string of the molecule is Cc1nc(N)nn2cc(F)c(-c3ccc4ncnn4c3)c12. The number of pyridine rings is 1. The number of nitrogens with two attached hydrogens (primary N) is 1. The predicted molar refractivity (Wildman–Crippen MR) is 74.1 cm³/mol. The quantitative estimate of drug-likeness (QED) is 0.571. The van der Waals surface area contributed by atoms with Crippen LogP contribution >= 0.6 is 0 Å². The number of fused-ring (bicyclic) bond motifs is 2. The van der Waals surface area contributed by atoms with Crippen molar-refractivity contribution in [3.63, 3.8) is 0 Å². The van der Waals surface area contributed by atoms with Gasteiger partial charge in [-0.25, -0.2) is 23.4 Å². The number of hydrogen-bond acceptors (Lipinski definition) is 5. The van der Waals surface area contributed by atoms with Gasteiger partial charge in [0, 0.05) is 17.3 Å². The molecule has 8 heteroatoms. The summed E-state index contributed by atoms with van der Waals surface area (Å²) >= 11 is 0. The average molecular weight is 283 g/mol. The lowest BCUT2D eigenvalue weighted by molar-refractivity contribution is 0.628. The fourth-order valence-electron chi connectivity index (χ4n) is 2.49. The van der Waals surface area contributed by atoms with Crippen LogP contribution in [0, 0.1) is 12.7 Å². The third-order valence-corrected chi connectivity index (χ3v) is 3.34. The van der Waals surface area contributed by atoms with Crippen molar-refractivity contribution < 1.29 is 4.39 Å². The molecule has 0 spiro atoms. The van der Waals surface area contributed by atoms with Crippen LogP contribution in [0.4, 0.5) is 10.3 Å². The highest BCUT2D eigenvalue weighted by Crippen LogP contribution is 2.30. The number of nitrogens with zero attached hydrogens (tertiary/aromatic N) is 6. The van der Waals surface area contributed by atoms with E-state index in [1.165, 1.54) is 17.0 Å². The molecule has 0 atom stereocenters. The van der Waals surface area contributed by atoms with E-state index in [2.05, 4.69) is 20.2 Å². The molecule has 0 aliphatic heterocycles. The molecule has 0 saturated heterocycles. The van der Waals surface area contributed by atoms with Gasteiger partial charge in [-0.3, -0.25) is 0 Å². The van der Waals surface area contributed by atoms with E-state index in [1.54, 1.807) is 29.8 Å². The Balaban J connectivity index is 2.07. The number of anilines is 1. The van der Waals surface area contributed by atoms with E-state index >= 15 is 0 Å². The van der Waals surface area contributed by atoms with Crippen molar-refractivity contribution in [3.8, 4) is 11.1 Å². The summed E-state index contributed by atoms with van der Waals surface area (Å²) in [5.41, 5.74) is 8.58. The summed E-state index contributed by atoms with van der Waals surface area (Å²) in [7, 11) is 0. The van der Waals surface area contributed by atoms with Crippen molar-refractivity contribution in [1.82, 2.24) is 29.2 Å². The topological polar surface area (TPSA) is 86.4 Å². The maximum Gasteiger partial charge on any atom is 0.238 e. The van der Waals surface area contributed by atoms with Crippen LogP contribution < -0.4 is 5.73 Å². The highest BCUT2D eigenvalue weighted by atomic mass is 19.1. The van der Waals surface area contributed by atoms with Crippen LogP contribution in [0.2, 0.25) is 0 Å². The first-order valence-electron chi connectivity index (χ1n) is 6.24. The summed E-state index contributed by atoms with van der Waals surface area (Å²) in [6, 6.07) is 3.57. The molecule has 0 radical (unpaired) electrons. The van der Waals surface area contributed by atoms with Gasteiger partial charge in [0.05, 0.1) is 17.4 Å². The molecule has 0 amide bonds. The predicted octanol–water partition coefficient (Wildman–Crippen LogP) is 1.47. The minimum atomic E-state index is -0.391. The lowest BCUT2D eigenvalue weighted by atomic mass is 10.1. The lowest BCUT2D eigenvalue weighted by Gasteiger charge is -2.04. The highest BCUT2D eigenvalue weighted by Gasteiger charge is 2.17. The summed E-state index contributed by atoms with van der Waals surface area (Å²) in [6.45, 7) is 1.77. The van der Waals surface area contributed by atoms with Gasteiger partial charge in [-0.15, -0.1) is 5.10 Å². The standard InChI is InChI=1S/C13H10FN7/c1-7-12-11(9(14)5-21(12)19-13(15)18-7)8-2-3-10-16-6-17-20(10)4-8/h2-6H,1H3,(H2,15,19). The van der Waals surface area contributed by atoms with Gasteiger partial charge in [-0.2, -0.15) is 5.10 Å². The van der Waals surface area contributed by atoms with Crippen LogP contribution in [0.1, 0.15) is 5.69 Å². The zero-order chi connectivity index (χ0) is 14.6. The van der Waals surface area contributed by atoms with Gasteiger partial charge < -0.3 is 5.73 Å². The molecule has 4 aromatic heterocycles. The molecule has 0 aromatic carbocycles. The average Bonchev–Trinajstić information content (AvgIpc) is 3.01. The summed E-state index contributed by atoms with van der Waals surface area (Å²) in [6.07, 6.45) is 4.46. The number of hydrogen-bond donors (Lipinski definition) is 1. The van der Waals surface area contributed by atoms with Crippen molar-refractivity contribution in [2.75, 3.05) is 5.73 Å². The van der Waals surface area contributed by atoms with E-state index in [9.17, 15) is 4.39 Å². The minimum Gasteiger partial charge on any atom is -0.367 e. The third kappa shape index (κ3) is 1.65. The fraction of sp³-hybridized carbons (Fsp3) is 0.0769. The van der Waals surface area contributed by atoms with E-state index in [1.807, 2.05) is 0 Å². The van der Waals surface area contributed by atoms with Crippen LogP contribution in [0.5, 0.6) is 0 Å². The van der Waals surface area contributed by atoms with Crippen LogP contribution in [0.15, 0.2) is 30.9 Å². The normalized spacial score (nSPS) is 11.5. The number of aromatic nitrogens is 6. The summed E-state index contributed by atoms with van der Waals surface area (Å²) in [5, 5.41) is 8.06. The van der Waals surface area contributed by atoms with E-state index in [0.29, 0.717) is 28.0 Å². The van der Waals surface area contributed by atoms with Crippen LogP contribution in [-0.2, 0) is 0 Å². The largest absolute Gasteiger partial charge is 0.367 e. The van der Waals surface area contributed by atoms with Gasteiger partial charge in [-0.05, 0) is 19.1 Å². The molecule has 0 unspecified atom stereocenters. The summed E-state index contributed by atoms with van der Waals surface area (Å²) in [4.78, 5) is 8.16. The molecule has 0 fully saturated rings. The molecule has 0 bridgehead atoms. The van der Waals surface area contributed by atoms with E-state index < -0.39 is 5.82 Å². The number of rotatable bonds is 1. The van der Waals surface area contributed by atoms with Crippen molar-refractivity contribution in [1.29, 1.82) is 0 Å². The van der Waals surface area contributed by atoms with Crippen LogP contribution in [0.3, 0.4) is 0 Å². The molecule has 21 heavy (non-hydrogen) atoms. The summed E-state index contributed by atoms with van der Waals surface area (Å²) in [5.74, 6) is -0.286. The highest BCUT2D eigenvalue weighted by molar-refractivity contribution is 5.83. The number of halogens is 1. The Morgan fingerprint density at radius 1 is 1.19 bits per heavy atom. The molecular formula is C13H10FN7. The summed E-state index contributed by atoms with van der Waals surface area (Å²) < 4.78 is 17.4. The Hall–Kier alpha value is -3.03. The zero-order valence-corrected chi connectivity index (χ0v) is 11.0. The molecule has 0 aliphatic rings. The molecule has 0 aliphatic carbocycles. The molecule has 104 valence electrons. The first kappa shape index (κ1) is 11.8. The van der Waals surface area contributed by atoms with E-state index in [-0.39, 0.29) is 5.95 Å². The maximum atomic E-state index is 14.4. The second-order valence-corrected chi connectivity index (χ2v) is 4.68. The molecule has 4 rings (SSSR count). The van der Waals surface area contributed by atoms with E-state index in [0.717, 1.165) is 0 Å². The first-order valence-corrected chi connectivity index (χ1v) is 6.24. The molecule has 0 saturated carbocycles. The monoisotopic (exact) mass is 283 g/mol. The van der Waals surface area contributed by atoms with Crippen molar-refractivity contribution in [2.24, 2.45) is 0 Å². The smallest absolute Gasteiger partial charge is 0.238 e. The maximum absolute atomic E-state index is 14.4. The van der Waals surface area contributed by atoms with Crippen molar-refractivity contribution >= 4 is 17.1 Å². The van der Waals surface area contributed by atoms with Gasteiger partial charge in [0.1, 0.15) is 6.33 Å². The lowest BCUT2D eigenvalue weighted by Crippen LogP contribution is -2.03. The zero-order valence-electron chi connectivity index (χ0n) is 11.0. The Morgan fingerprint density at radius 2 is 2.05 bits per heavy atom. The minimum absolute atomic E-state index is 0.105. The Morgan fingerprint density at radius 3 is 2.90 bits per heavy atom. The Labute approximate surface area is 117 Å². The van der Waals surface area contributed by atoms with Gasteiger partial charge >= 0.3 is 0 Å². The number of nitrogen functional groups attached to an aromatic ring is 1. The van der Waals surface area contributed by atoms with Crippen LogP contribution in [-0.4, -0.2) is 29.2 Å². The van der Waals surface area contributed by atoms with E-state index in [4.69, 9.17) is 5.73 Å². The molecule has 4 heterocycles. The second-order valence-electron chi connectivity index (χ2n) is 4.68. The molecule has 4 aromatic rings.